The molecule has 2 aromatic heterocycles. The second-order valence-corrected chi connectivity index (χ2v) is 19.0. The summed E-state index contributed by atoms with van der Waals surface area (Å²) in [6, 6.07) is 10.9. The molecule has 0 radical (unpaired) electrons. The first-order valence-corrected chi connectivity index (χ1v) is 19.8. The van der Waals surface area contributed by atoms with E-state index in [1.165, 1.54) is 11.1 Å². The Hall–Kier alpha value is -3.46. The molecule has 1 saturated heterocycles. The van der Waals surface area contributed by atoms with E-state index in [4.69, 9.17) is 19.4 Å². The standard InChI is InChI=1S/C42H56N4O4S/c1-28-22-31(10-13-33(28)49-7)42-18-15-41(16-19-42,17-20-42)27-46(35-23-30(14-21-43-35)34-24-44-37(51-34)39(2,3)4)36(47)29-8-11-32(12-9-29)50-38(48)45-25-40(5,6)26-45/h10,13-14,21-24,29,32H,8-9,11-12,15-20,25-27H2,1-7H3/t29-,32-,41?,42?. The molecule has 2 bridgehead atoms. The van der Waals surface area contributed by atoms with Crippen LogP contribution in [-0.4, -0.2) is 59.7 Å². The number of aryl methyl sites for hydroxylation is 1. The predicted octanol–water partition coefficient (Wildman–Crippen LogP) is 9.48. The van der Waals surface area contributed by atoms with Gasteiger partial charge in [-0.2, -0.15) is 0 Å². The zero-order chi connectivity index (χ0) is 36.2. The minimum atomic E-state index is -0.209. The van der Waals surface area contributed by atoms with Crippen molar-refractivity contribution in [3.05, 3.63) is 58.9 Å². The van der Waals surface area contributed by atoms with Gasteiger partial charge in [-0.3, -0.25) is 9.69 Å². The van der Waals surface area contributed by atoms with Crippen molar-refractivity contribution in [1.82, 2.24) is 14.9 Å². The fourth-order valence-electron chi connectivity index (χ4n) is 9.20. The summed E-state index contributed by atoms with van der Waals surface area (Å²) >= 11 is 1.71. The van der Waals surface area contributed by atoms with Crippen molar-refractivity contribution in [3.63, 3.8) is 0 Å². The first-order valence-electron chi connectivity index (χ1n) is 19.0. The third kappa shape index (κ3) is 7.29. The second-order valence-electron chi connectivity index (χ2n) is 17.9. The lowest BCUT2D eigenvalue weighted by atomic mass is 9.51. The third-order valence-electron chi connectivity index (χ3n) is 12.4. The fraction of sp³-hybridized carbons (Fsp3) is 0.619. The zero-order valence-corrected chi connectivity index (χ0v) is 32.5. The highest BCUT2D eigenvalue weighted by atomic mass is 32.1. The molecule has 1 aliphatic heterocycles. The minimum absolute atomic E-state index is 0.0271. The van der Waals surface area contributed by atoms with E-state index in [1.54, 1.807) is 23.3 Å². The van der Waals surface area contributed by atoms with E-state index >= 15 is 0 Å². The second kappa shape index (κ2) is 13.5. The SMILES string of the molecule is COc1ccc(C23CCC(CN(c4cc(-c5cnc(C(C)(C)C)s5)ccn4)C(=O)[C@H]4CC[C@H](OC(=O)N5CC(C)(C)C5)CC4)(CC2)CC3)cc1C. The van der Waals surface area contributed by atoms with Crippen LogP contribution in [0.4, 0.5) is 10.6 Å². The van der Waals surface area contributed by atoms with Gasteiger partial charge in [0.05, 0.1) is 17.0 Å². The Bertz CT molecular complexity index is 1740. The number of fused-ring (bicyclic) bond motifs is 3. The van der Waals surface area contributed by atoms with E-state index in [9.17, 15) is 9.59 Å². The molecule has 1 aromatic carbocycles. The van der Waals surface area contributed by atoms with Gasteiger partial charge >= 0.3 is 6.09 Å². The van der Waals surface area contributed by atoms with E-state index in [1.807, 2.05) is 23.4 Å². The summed E-state index contributed by atoms with van der Waals surface area (Å²) in [7, 11) is 1.74. The Balaban J connectivity index is 1.10. The molecule has 8 nitrogen and oxygen atoms in total. The summed E-state index contributed by atoms with van der Waals surface area (Å²) < 4.78 is 11.5. The molecule has 9 heteroatoms. The van der Waals surface area contributed by atoms with E-state index in [0.29, 0.717) is 19.4 Å². The molecule has 0 unspecified atom stereocenters. The molecule has 8 rings (SSSR count). The first kappa shape index (κ1) is 35.9. The van der Waals surface area contributed by atoms with Gasteiger partial charge in [0.2, 0.25) is 5.91 Å². The highest BCUT2D eigenvalue weighted by Gasteiger charge is 2.51. The largest absolute Gasteiger partial charge is 0.496 e. The number of ether oxygens (including phenoxy) is 2. The molecule has 274 valence electrons. The molecule has 4 aliphatic carbocycles. The molecule has 0 spiro atoms. The first-order chi connectivity index (χ1) is 24.2. The lowest BCUT2D eigenvalue weighted by Crippen LogP contribution is -2.56. The fourth-order valence-corrected chi connectivity index (χ4v) is 10.2. The molecule has 51 heavy (non-hydrogen) atoms. The quantitative estimate of drug-likeness (QED) is 0.231. The van der Waals surface area contributed by atoms with Crippen LogP contribution >= 0.6 is 11.3 Å². The van der Waals surface area contributed by atoms with Gasteiger partial charge in [0.15, 0.2) is 0 Å². The summed E-state index contributed by atoms with van der Waals surface area (Å²) in [5.41, 5.74) is 4.08. The summed E-state index contributed by atoms with van der Waals surface area (Å²) in [5, 5.41) is 1.10. The lowest BCUT2D eigenvalue weighted by Gasteiger charge is -2.55. The van der Waals surface area contributed by atoms with Crippen LogP contribution < -0.4 is 9.64 Å². The number of rotatable bonds is 8. The highest BCUT2D eigenvalue weighted by molar-refractivity contribution is 7.15. The number of aromatic nitrogens is 2. The summed E-state index contributed by atoms with van der Waals surface area (Å²) in [6.07, 6.45) is 13.0. The van der Waals surface area contributed by atoms with Crippen LogP contribution in [-0.2, 0) is 20.4 Å². The number of carbonyl (C=O) groups is 2. The average Bonchev–Trinajstić information content (AvgIpc) is 3.62. The van der Waals surface area contributed by atoms with Gasteiger partial charge in [0.1, 0.15) is 17.7 Å². The van der Waals surface area contributed by atoms with Crippen LogP contribution in [0.3, 0.4) is 0 Å². The number of carbonyl (C=O) groups excluding carboxylic acids is 2. The van der Waals surface area contributed by atoms with Crippen molar-refractivity contribution in [3.8, 4) is 16.2 Å². The van der Waals surface area contributed by atoms with Gasteiger partial charge in [0.25, 0.3) is 0 Å². The van der Waals surface area contributed by atoms with Crippen LogP contribution in [0, 0.1) is 23.7 Å². The van der Waals surface area contributed by atoms with Gasteiger partial charge in [0, 0.05) is 48.8 Å². The van der Waals surface area contributed by atoms with E-state index in [2.05, 4.69) is 65.8 Å². The zero-order valence-electron chi connectivity index (χ0n) is 31.7. The molecular weight excluding hydrogens is 657 g/mol. The number of likely N-dealkylation sites (tertiary alicyclic amines) is 1. The Morgan fingerprint density at radius 2 is 1.65 bits per heavy atom. The maximum atomic E-state index is 14.7. The van der Waals surface area contributed by atoms with Crippen LogP contribution in [0.15, 0.2) is 42.7 Å². The van der Waals surface area contributed by atoms with Gasteiger partial charge in [-0.25, -0.2) is 14.8 Å². The highest BCUT2D eigenvalue weighted by Crippen LogP contribution is 2.58. The maximum absolute atomic E-state index is 14.7. The van der Waals surface area contributed by atoms with Crippen molar-refractivity contribution < 1.29 is 19.1 Å². The number of thiazole rings is 1. The number of benzene rings is 1. The minimum Gasteiger partial charge on any atom is -0.496 e. The Kier molecular flexibility index (Phi) is 9.51. The van der Waals surface area contributed by atoms with E-state index in [-0.39, 0.29) is 45.7 Å². The normalized spacial score (nSPS) is 27.1. The van der Waals surface area contributed by atoms with Gasteiger partial charge in [-0.1, -0.05) is 46.8 Å². The molecule has 4 saturated carbocycles. The van der Waals surface area contributed by atoms with Crippen molar-refractivity contribution in [2.75, 3.05) is 31.6 Å². The number of anilines is 1. The molecular formula is C42H56N4O4S. The Morgan fingerprint density at radius 1 is 0.961 bits per heavy atom. The average molecular weight is 713 g/mol. The van der Waals surface area contributed by atoms with E-state index < -0.39 is 0 Å². The van der Waals surface area contributed by atoms with Gasteiger partial charge in [-0.05, 0) is 117 Å². The molecule has 2 amide bonds. The Labute approximate surface area is 308 Å². The third-order valence-corrected chi connectivity index (χ3v) is 13.9. The van der Waals surface area contributed by atoms with Crippen molar-refractivity contribution in [1.29, 1.82) is 0 Å². The van der Waals surface area contributed by atoms with Gasteiger partial charge in [-0.15, -0.1) is 11.3 Å². The molecule has 0 atom stereocenters. The van der Waals surface area contributed by atoms with Crippen molar-refractivity contribution >= 4 is 29.2 Å². The molecule has 0 N–H and O–H groups in total. The van der Waals surface area contributed by atoms with Crippen molar-refractivity contribution in [2.24, 2.45) is 16.7 Å². The topological polar surface area (TPSA) is 84.9 Å². The summed E-state index contributed by atoms with van der Waals surface area (Å²) in [4.78, 5) is 42.0. The summed E-state index contributed by atoms with van der Waals surface area (Å²) in [6.45, 7) is 15.2. The summed E-state index contributed by atoms with van der Waals surface area (Å²) in [5.74, 6) is 1.73. The van der Waals surface area contributed by atoms with E-state index in [0.717, 1.165) is 91.5 Å². The van der Waals surface area contributed by atoms with Crippen LogP contribution in [0.5, 0.6) is 5.75 Å². The Morgan fingerprint density at radius 3 is 2.24 bits per heavy atom. The number of hydrogen-bond acceptors (Lipinski definition) is 7. The predicted molar refractivity (Wildman–Crippen MR) is 204 cm³/mol. The molecule has 3 heterocycles. The monoisotopic (exact) mass is 712 g/mol. The maximum Gasteiger partial charge on any atom is 0.410 e. The molecule has 5 fully saturated rings. The molecule has 5 aliphatic rings. The van der Waals surface area contributed by atoms with Crippen molar-refractivity contribution in [2.45, 2.75) is 123 Å². The van der Waals surface area contributed by atoms with Crippen LogP contribution in [0.25, 0.3) is 10.4 Å². The number of methoxy groups -OCH3 is 1. The van der Waals surface area contributed by atoms with Crippen LogP contribution in [0.1, 0.15) is 115 Å². The van der Waals surface area contributed by atoms with Crippen LogP contribution in [0.2, 0.25) is 0 Å². The number of pyridine rings is 1. The number of nitrogens with zero attached hydrogens (tertiary/aromatic N) is 4. The number of amides is 2. The number of hydrogen-bond donors (Lipinski definition) is 0. The smallest absolute Gasteiger partial charge is 0.410 e. The molecule has 3 aromatic rings. The van der Waals surface area contributed by atoms with Gasteiger partial charge < -0.3 is 14.4 Å². The lowest BCUT2D eigenvalue weighted by molar-refractivity contribution is -0.124.